The van der Waals surface area contributed by atoms with E-state index < -0.39 is 34.0 Å². The number of ether oxygens (including phenoxy) is 1. The standard InChI is InChI=1S/C53H51NO5S/c1-49-23-20-39(55)30-51(49)26-27-53(42(31-51)47(56)44-29-37-13-6-8-17-43(37)60-44)45(49)21-24-50(2)46(53)22-25-52(50,58)33-54(32-38-15-9-14-35-11-5-7-16-41(35)38)48(57)59-40-19-18-34-10-3-4-12-36(34)28-40/h3-19,26-29,31,39,45-46,55,58H,20-25,30,32-33H2,1-2H3/t39?,45-,46-,49-,50+,51+,52-,53-/m1/s1. The number of fused-ring (bicyclic) bond motifs is 4. The predicted molar refractivity (Wildman–Crippen MR) is 239 cm³/mol. The molecule has 3 saturated carbocycles. The van der Waals surface area contributed by atoms with Crippen LogP contribution in [0.1, 0.15) is 74.0 Å². The van der Waals surface area contributed by atoms with Crippen LogP contribution in [0.5, 0.6) is 5.75 Å². The summed E-state index contributed by atoms with van der Waals surface area (Å²) in [4.78, 5) is 32.4. The highest BCUT2D eigenvalue weighted by molar-refractivity contribution is 7.21. The largest absolute Gasteiger partial charge is 0.415 e. The second kappa shape index (κ2) is 13.5. The number of hydrogen-bond acceptors (Lipinski definition) is 6. The van der Waals surface area contributed by atoms with Crippen molar-refractivity contribution in [3.05, 3.63) is 150 Å². The van der Waals surface area contributed by atoms with Crippen LogP contribution in [0.15, 0.2) is 139 Å². The van der Waals surface area contributed by atoms with Gasteiger partial charge in [-0.05, 0) is 119 Å². The number of aliphatic hydroxyl groups excluding tert-OH is 1. The van der Waals surface area contributed by atoms with E-state index >= 15 is 4.79 Å². The maximum atomic E-state index is 15.3. The lowest BCUT2D eigenvalue weighted by Crippen LogP contribution is -2.67. The fraction of sp³-hybridized carbons (Fsp3) is 0.358. The lowest BCUT2D eigenvalue weighted by atomic mass is 9.32. The molecule has 1 amide bonds. The van der Waals surface area contributed by atoms with Gasteiger partial charge < -0.3 is 19.8 Å². The summed E-state index contributed by atoms with van der Waals surface area (Å²) in [5.74, 6) is 0.656. The van der Waals surface area contributed by atoms with Gasteiger partial charge in [-0.1, -0.05) is 123 Å². The molecule has 2 bridgehead atoms. The average molecular weight is 814 g/mol. The molecule has 0 aliphatic heterocycles. The van der Waals surface area contributed by atoms with Crippen LogP contribution in [0.4, 0.5) is 4.79 Å². The van der Waals surface area contributed by atoms with Crippen molar-refractivity contribution in [2.75, 3.05) is 6.54 Å². The van der Waals surface area contributed by atoms with Crippen molar-refractivity contribution >= 4 is 54.8 Å². The summed E-state index contributed by atoms with van der Waals surface area (Å²) >= 11 is 1.56. The number of aliphatic hydroxyl groups is 2. The van der Waals surface area contributed by atoms with E-state index in [9.17, 15) is 15.0 Å². The van der Waals surface area contributed by atoms with Crippen LogP contribution < -0.4 is 4.74 Å². The molecule has 304 valence electrons. The Bertz CT molecular complexity index is 2770. The minimum Gasteiger partial charge on any atom is -0.410 e. The molecule has 6 aromatic rings. The highest BCUT2D eigenvalue weighted by atomic mass is 32.1. The van der Waals surface area contributed by atoms with Crippen molar-refractivity contribution in [3.8, 4) is 5.75 Å². The zero-order valence-corrected chi connectivity index (χ0v) is 35.1. The molecule has 6 aliphatic rings. The number of carbonyl (C=O) groups is 2. The Morgan fingerprint density at radius 3 is 2.28 bits per heavy atom. The van der Waals surface area contributed by atoms with Crippen LogP contribution in [-0.2, 0) is 6.54 Å². The van der Waals surface area contributed by atoms with Gasteiger partial charge in [0, 0.05) is 33.1 Å². The smallest absolute Gasteiger partial charge is 0.410 e. The molecule has 12 rings (SSSR count). The van der Waals surface area contributed by atoms with Gasteiger partial charge in [0.25, 0.3) is 0 Å². The molecule has 0 saturated heterocycles. The van der Waals surface area contributed by atoms with Crippen LogP contribution in [0.3, 0.4) is 0 Å². The second-order valence-electron chi connectivity index (χ2n) is 19.2. The number of amides is 1. The summed E-state index contributed by atoms with van der Waals surface area (Å²) in [5, 5.41) is 29.9. The summed E-state index contributed by atoms with van der Waals surface area (Å²) in [6.45, 7) is 5.01. The SMILES string of the molecule is C[C@]12CC[C@H]3[C@]4(C=C[C@@]5(C=C4C(=O)c4cc6ccccc6s4)CC(O)CC[C@]35C)[C@@H]1CC[C@@]2(O)CN(Cc1cccc2ccccc12)C(=O)Oc1ccc2ccccc2c1. The van der Waals surface area contributed by atoms with Gasteiger partial charge in [0.15, 0.2) is 5.78 Å². The molecule has 0 radical (unpaired) electrons. The first-order valence-corrected chi connectivity index (χ1v) is 22.6. The fourth-order valence-electron chi connectivity index (χ4n) is 13.4. The van der Waals surface area contributed by atoms with Crippen molar-refractivity contribution in [3.63, 3.8) is 0 Å². The average Bonchev–Trinajstić information content (AvgIpc) is 3.81. The van der Waals surface area contributed by atoms with Crippen molar-refractivity contribution in [1.82, 2.24) is 4.90 Å². The normalized spacial score (nSPS) is 32.7. The number of thiophene rings is 1. The molecule has 6 aliphatic carbocycles. The minimum atomic E-state index is -1.26. The van der Waals surface area contributed by atoms with Gasteiger partial charge in [0.2, 0.25) is 0 Å². The Labute approximate surface area is 355 Å². The molecule has 6 nitrogen and oxygen atoms in total. The van der Waals surface area contributed by atoms with E-state index in [1.807, 2.05) is 78.9 Å². The van der Waals surface area contributed by atoms with Crippen molar-refractivity contribution in [1.29, 1.82) is 0 Å². The predicted octanol–water partition coefficient (Wildman–Crippen LogP) is 11.7. The van der Waals surface area contributed by atoms with Crippen LogP contribution in [-0.4, -0.2) is 45.2 Å². The molecule has 60 heavy (non-hydrogen) atoms. The monoisotopic (exact) mass is 813 g/mol. The number of allylic oxidation sites excluding steroid dienone is 4. The molecule has 1 unspecified atom stereocenters. The Hall–Kier alpha value is -5.08. The number of rotatable bonds is 7. The summed E-state index contributed by atoms with van der Waals surface area (Å²) in [7, 11) is 0. The van der Waals surface area contributed by atoms with Crippen LogP contribution in [0, 0.1) is 33.5 Å². The number of hydrogen-bond donors (Lipinski definition) is 2. The summed E-state index contributed by atoms with van der Waals surface area (Å²) < 4.78 is 7.31. The van der Waals surface area contributed by atoms with Gasteiger partial charge in [-0.3, -0.25) is 4.79 Å². The van der Waals surface area contributed by atoms with Crippen molar-refractivity contribution < 1.29 is 24.5 Å². The van der Waals surface area contributed by atoms with Gasteiger partial charge in [0.1, 0.15) is 5.75 Å². The number of carbonyl (C=O) groups excluding carboxylic acids is 2. The molecular formula is C53H51NO5S. The Balaban J connectivity index is 0.991. The Morgan fingerprint density at radius 1 is 0.750 bits per heavy atom. The van der Waals surface area contributed by atoms with Crippen LogP contribution in [0.25, 0.3) is 31.6 Å². The topological polar surface area (TPSA) is 87.1 Å². The fourth-order valence-corrected chi connectivity index (χ4v) is 14.4. The summed E-state index contributed by atoms with van der Waals surface area (Å²) in [5.41, 5.74) is -1.22. The molecule has 2 spiro atoms. The maximum Gasteiger partial charge on any atom is 0.415 e. The van der Waals surface area contributed by atoms with Crippen molar-refractivity contribution in [2.45, 2.75) is 77.0 Å². The van der Waals surface area contributed by atoms with E-state index in [4.69, 9.17) is 4.74 Å². The third-order valence-electron chi connectivity index (χ3n) is 16.5. The highest BCUT2D eigenvalue weighted by Gasteiger charge is 2.74. The number of ketones is 1. The van der Waals surface area contributed by atoms with E-state index in [0.29, 0.717) is 18.6 Å². The van der Waals surface area contributed by atoms with Crippen LogP contribution >= 0.6 is 11.3 Å². The number of Topliss-reactive ketones (excluding diaryl/α,β-unsaturated/α-hetero) is 1. The van der Waals surface area contributed by atoms with Gasteiger partial charge in [-0.2, -0.15) is 0 Å². The lowest BCUT2D eigenvalue weighted by Gasteiger charge is -2.71. The molecule has 7 heteroatoms. The molecular weight excluding hydrogens is 763 g/mol. The van der Waals surface area contributed by atoms with Gasteiger partial charge >= 0.3 is 6.09 Å². The molecule has 3 fully saturated rings. The number of nitrogens with zero attached hydrogens (tertiary/aromatic N) is 1. The maximum absolute atomic E-state index is 15.3. The van der Waals surface area contributed by atoms with E-state index in [-0.39, 0.29) is 36.1 Å². The Kier molecular flexibility index (Phi) is 8.50. The molecule has 2 N–H and O–H groups in total. The summed E-state index contributed by atoms with van der Waals surface area (Å²) in [6.07, 6.45) is 11.2. The Morgan fingerprint density at radius 2 is 1.45 bits per heavy atom. The van der Waals surface area contributed by atoms with Gasteiger partial charge in [0.05, 0.1) is 23.1 Å². The second-order valence-corrected chi connectivity index (χ2v) is 20.2. The van der Waals surface area contributed by atoms with E-state index in [0.717, 1.165) is 79.7 Å². The van der Waals surface area contributed by atoms with Crippen molar-refractivity contribution in [2.24, 2.45) is 33.5 Å². The summed E-state index contributed by atoms with van der Waals surface area (Å²) in [6, 6.07) is 38.3. The molecule has 8 atom stereocenters. The van der Waals surface area contributed by atoms with Gasteiger partial charge in [-0.15, -0.1) is 11.3 Å². The lowest BCUT2D eigenvalue weighted by molar-refractivity contribution is -0.175. The number of benzene rings is 5. The van der Waals surface area contributed by atoms with Crippen LogP contribution in [0.2, 0.25) is 0 Å². The van der Waals surface area contributed by atoms with Gasteiger partial charge in [-0.25, -0.2) is 4.79 Å². The third-order valence-corrected chi connectivity index (χ3v) is 17.6. The first-order valence-electron chi connectivity index (χ1n) is 21.8. The first-order chi connectivity index (χ1) is 29.0. The quantitative estimate of drug-likeness (QED) is 0.124. The van der Waals surface area contributed by atoms with E-state index in [1.165, 1.54) is 0 Å². The van der Waals surface area contributed by atoms with E-state index in [1.54, 1.807) is 16.2 Å². The first kappa shape index (κ1) is 37.9. The molecule has 5 aromatic carbocycles. The third kappa shape index (κ3) is 5.37. The minimum absolute atomic E-state index is 0.0486. The molecule has 1 heterocycles. The zero-order valence-electron chi connectivity index (χ0n) is 34.3. The van der Waals surface area contributed by atoms with E-state index in [2.05, 4.69) is 68.5 Å². The molecule has 1 aromatic heterocycles. The zero-order chi connectivity index (χ0) is 41.1. The highest BCUT2D eigenvalue weighted by Crippen LogP contribution is 2.78.